The van der Waals surface area contributed by atoms with Crippen molar-refractivity contribution in [3.8, 4) is 0 Å². The molecule has 16 heavy (non-hydrogen) atoms. The number of rotatable bonds is 2. The number of nitrogens with one attached hydrogen (secondary N) is 1. The number of aromatic amines is 1. The maximum absolute atomic E-state index is 12.0. The van der Waals surface area contributed by atoms with E-state index in [9.17, 15) is 9.59 Å². The number of pyridine rings is 1. The van der Waals surface area contributed by atoms with E-state index in [4.69, 9.17) is 5.11 Å². The second kappa shape index (κ2) is 4.49. The quantitative estimate of drug-likeness (QED) is 0.729. The fraction of sp³-hybridized carbons (Fsp3) is 0.455. The van der Waals surface area contributed by atoms with Gasteiger partial charge in [0.15, 0.2) is 0 Å². The number of nitrogens with zero attached hydrogens (tertiary/aromatic N) is 1. The van der Waals surface area contributed by atoms with Gasteiger partial charge in [0.2, 0.25) is 5.56 Å². The van der Waals surface area contributed by atoms with Crippen LogP contribution >= 0.6 is 0 Å². The van der Waals surface area contributed by atoms with Crippen LogP contribution in [-0.2, 0) is 0 Å². The van der Waals surface area contributed by atoms with Gasteiger partial charge in [0.1, 0.15) is 0 Å². The van der Waals surface area contributed by atoms with Gasteiger partial charge < -0.3 is 15.0 Å². The summed E-state index contributed by atoms with van der Waals surface area (Å²) >= 11 is 0. The number of aliphatic hydroxyl groups is 1. The Morgan fingerprint density at radius 3 is 3.06 bits per heavy atom. The minimum absolute atomic E-state index is 0.110. The first kappa shape index (κ1) is 10.9. The minimum atomic E-state index is -0.274. The molecule has 1 aromatic rings. The van der Waals surface area contributed by atoms with Crippen LogP contribution < -0.4 is 5.56 Å². The molecular weight excluding hydrogens is 208 g/mol. The Morgan fingerprint density at radius 2 is 2.44 bits per heavy atom. The molecule has 1 fully saturated rings. The summed E-state index contributed by atoms with van der Waals surface area (Å²) in [6, 6.07) is 2.89. The third-order valence-electron chi connectivity index (χ3n) is 2.85. The van der Waals surface area contributed by atoms with Crippen LogP contribution in [0.1, 0.15) is 16.8 Å². The normalized spacial score (nSPS) is 20.1. The summed E-state index contributed by atoms with van der Waals surface area (Å²) < 4.78 is 0. The van der Waals surface area contributed by atoms with Crippen LogP contribution in [0.3, 0.4) is 0 Å². The van der Waals surface area contributed by atoms with E-state index in [2.05, 4.69) is 4.98 Å². The molecule has 5 nitrogen and oxygen atoms in total. The first-order valence-electron chi connectivity index (χ1n) is 5.29. The Balaban J connectivity index is 2.11. The number of aliphatic hydroxyl groups excluding tert-OH is 1. The molecule has 0 bridgehead atoms. The fourth-order valence-electron chi connectivity index (χ4n) is 1.93. The fourth-order valence-corrected chi connectivity index (χ4v) is 1.93. The number of carbonyl (C=O) groups is 1. The lowest BCUT2D eigenvalue weighted by Crippen LogP contribution is -2.29. The highest BCUT2D eigenvalue weighted by Crippen LogP contribution is 2.17. The second-order valence-electron chi connectivity index (χ2n) is 4.03. The third-order valence-corrected chi connectivity index (χ3v) is 2.85. The van der Waals surface area contributed by atoms with Gasteiger partial charge in [-0.2, -0.15) is 0 Å². The number of H-pyrrole nitrogens is 1. The summed E-state index contributed by atoms with van der Waals surface area (Å²) in [6.07, 6.45) is 2.29. The summed E-state index contributed by atoms with van der Waals surface area (Å²) in [6.45, 7) is 1.33. The van der Waals surface area contributed by atoms with Crippen molar-refractivity contribution in [3.63, 3.8) is 0 Å². The molecule has 5 heteroatoms. The Hall–Kier alpha value is -1.62. The molecule has 1 aliphatic rings. The number of amides is 1. The molecule has 1 atom stereocenters. The van der Waals surface area contributed by atoms with Crippen molar-refractivity contribution in [2.75, 3.05) is 19.7 Å². The summed E-state index contributed by atoms with van der Waals surface area (Å²) in [7, 11) is 0. The van der Waals surface area contributed by atoms with Crippen LogP contribution in [0.5, 0.6) is 0 Å². The first-order valence-corrected chi connectivity index (χ1v) is 5.29. The van der Waals surface area contributed by atoms with Crippen molar-refractivity contribution in [2.45, 2.75) is 6.42 Å². The minimum Gasteiger partial charge on any atom is -0.396 e. The lowest BCUT2D eigenvalue weighted by atomic mass is 10.1. The van der Waals surface area contributed by atoms with Crippen LogP contribution in [0, 0.1) is 5.92 Å². The van der Waals surface area contributed by atoms with Crippen molar-refractivity contribution in [1.82, 2.24) is 9.88 Å². The van der Waals surface area contributed by atoms with Gasteiger partial charge in [0.05, 0.1) is 0 Å². The van der Waals surface area contributed by atoms with Crippen LogP contribution in [0.2, 0.25) is 0 Å². The summed E-state index contributed by atoms with van der Waals surface area (Å²) in [4.78, 5) is 27.2. The summed E-state index contributed by atoms with van der Waals surface area (Å²) in [5.74, 6) is 0.0352. The van der Waals surface area contributed by atoms with Gasteiger partial charge >= 0.3 is 0 Å². The van der Waals surface area contributed by atoms with Crippen molar-refractivity contribution in [2.24, 2.45) is 5.92 Å². The lowest BCUT2D eigenvalue weighted by Gasteiger charge is -2.15. The van der Waals surface area contributed by atoms with E-state index in [-0.39, 0.29) is 24.0 Å². The molecule has 0 spiro atoms. The van der Waals surface area contributed by atoms with Gasteiger partial charge in [0, 0.05) is 43.4 Å². The summed E-state index contributed by atoms with van der Waals surface area (Å²) in [5, 5.41) is 8.99. The molecule has 1 aliphatic heterocycles. The number of hydrogen-bond donors (Lipinski definition) is 2. The standard InChI is InChI=1S/C11H14N2O3/c14-7-8-2-4-13(6-8)11(16)9-1-3-12-10(15)5-9/h1,3,5,8,14H,2,4,6-7H2,(H,12,15)/t8-/m0/s1. The topological polar surface area (TPSA) is 73.4 Å². The SMILES string of the molecule is O=C(c1cc[nH]c(=O)c1)N1CC[C@H](CO)C1. The highest BCUT2D eigenvalue weighted by Gasteiger charge is 2.26. The lowest BCUT2D eigenvalue weighted by molar-refractivity contribution is 0.0781. The molecule has 1 aromatic heterocycles. The van der Waals surface area contributed by atoms with Gasteiger partial charge in [-0.3, -0.25) is 9.59 Å². The van der Waals surface area contributed by atoms with Crippen LogP contribution in [0.4, 0.5) is 0 Å². The Kier molecular flexibility index (Phi) is 3.05. The number of carbonyl (C=O) groups excluding carboxylic acids is 1. The van der Waals surface area contributed by atoms with Gasteiger partial charge in [-0.25, -0.2) is 0 Å². The molecule has 1 saturated heterocycles. The molecule has 1 amide bonds. The van der Waals surface area contributed by atoms with Crippen molar-refractivity contribution < 1.29 is 9.90 Å². The van der Waals surface area contributed by atoms with Crippen molar-refractivity contribution in [3.05, 3.63) is 34.2 Å². The average Bonchev–Trinajstić information content (AvgIpc) is 2.76. The zero-order valence-corrected chi connectivity index (χ0v) is 8.85. The van der Waals surface area contributed by atoms with Crippen LogP contribution in [0.15, 0.2) is 23.1 Å². The second-order valence-corrected chi connectivity index (χ2v) is 4.03. The van der Waals surface area contributed by atoms with E-state index in [1.54, 1.807) is 11.0 Å². The Labute approximate surface area is 92.7 Å². The summed E-state index contributed by atoms with van der Waals surface area (Å²) in [5.41, 5.74) is 0.131. The van der Waals surface area contributed by atoms with Gasteiger partial charge in [-0.05, 0) is 12.5 Å². The van der Waals surface area contributed by atoms with E-state index in [0.29, 0.717) is 18.7 Å². The molecule has 0 aliphatic carbocycles. The molecule has 2 rings (SSSR count). The first-order chi connectivity index (χ1) is 7.70. The van der Waals surface area contributed by atoms with E-state index < -0.39 is 0 Å². The number of hydrogen-bond acceptors (Lipinski definition) is 3. The largest absolute Gasteiger partial charge is 0.396 e. The molecule has 0 radical (unpaired) electrons. The molecule has 0 unspecified atom stereocenters. The van der Waals surface area contributed by atoms with E-state index in [1.165, 1.54) is 12.3 Å². The van der Waals surface area contributed by atoms with Crippen molar-refractivity contribution in [1.29, 1.82) is 0 Å². The maximum atomic E-state index is 12.0. The molecular formula is C11H14N2O3. The Bertz CT molecular complexity index is 441. The van der Waals surface area contributed by atoms with E-state index in [1.807, 2.05) is 0 Å². The number of likely N-dealkylation sites (tertiary alicyclic amines) is 1. The van der Waals surface area contributed by atoms with Gasteiger partial charge in [0.25, 0.3) is 5.91 Å². The van der Waals surface area contributed by atoms with Crippen molar-refractivity contribution >= 4 is 5.91 Å². The van der Waals surface area contributed by atoms with E-state index >= 15 is 0 Å². The predicted octanol–water partition coefficient (Wildman–Crippen LogP) is -0.171. The molecule has 2 heterocycles. The van der Waals surface area contributed by atoms with Gasteiger partial charge in [-0.1, -0.05) is 0 Å². The predicted molar refractivity (Wildman–Crippen MR) is 58.2 cm³/mol. The smallest absolute Gasteiger partial charge is 0.254 e. The zero-order chi connectivity index (χ0) is 11.5. The highest BCUT2D eigenvalue weighted by molar-refractivity contribution is 5.94. The molecule has 0 aromatic carbocycles. The van der Waals surface area contributed by atoms with Crippen LogP contribution in [-0.4, -0.2) is 40.6 Å². The molecule has 0 saturated carbocycles. The average molecular weight is 222 g/mol. The van der Waals surface area contributed by atoms with Gasteiger partial charge in [-0.15, -0.1) is 0 Å². The molecule has 2 N–H and O–H groups in total. The third kappa shape index (κ3) is 2.14. The van der Waals surface area contributed by atoms with E-state index in [0.717, 1.165) is 6.42 Å². The monoisotopic (exact) mass is 222 g/mol. The number of aromatic nitrogens is 1. The zero-order valence-electron chi connectivity index (χ0n) is 8.85. The van der Waals surface area contributed by atoms with Crippen LogP contribution in [0.25, 0.3) is 0 Å². The highest BCUT2D eigenvalue weighted by atomic mass is 16.3. The Morgan fingerprint density at radius 1 is 1.62 bits per heavy atom. The maximum Gasteiger partial charge on any atom is 0.254 e. The molecule has 86 valence electrons.